The lowest BCUT2D eigenvalue weighted by Gasteiger charge is -2.27. The molecule has 192 valence electrons. The lowest BCUT2D eigenvalue weighted by Crippen LogP contribution is -2.43. The monoisotopic (exact) mass is 528 g/mol. The number of rotatable bonds is 7. The van der Waals surface area contributed by atoms with Gasteiger partial charge in [0.15, 0.2) is 0 Å². The Kier molecular flexibility index (Phi) is 7.94. The van der Waals surface area contributed by atoms with Crippen molar-refractivity contribution in [3.05, 3.63) is 99.3 Å². The van der Waals surface area contributed by atoms with Crippen molar-refractivity contribution in [2.24, 2.45) is 0 Å². The van der Waals surface area contributed by atoms with Gasteiger partial charge in [-0.1, -0.05) is 41.9 Å². The van der Waals surface area contributed by atoms with Crippen LogP contribution in [-0.2, 0) is 20.7 Å². The van der Waals surface area contributed by atoms with E-state index in [4.69, 9.17) is 20.8 Å². The molecule has 1 aliphatic heterocycles. The van der Waals surface area contributed by atoms with Crippen molar-refractivity contribution in [3.63, 3.8) is 0 Å². The molecule has 38 heavy (non-hydrogen) atoms. The van der Waals surface area contributed by atoms with Gasteiger partial charge in [0.2, 0.25) is 0 Å². The second-order valence-electron chi connectivity index (χ2n) is 9.02. The van der Waals surface area contributed by atoms with E-state index in [9.17, 15) is 19.6 Å². The van der Waals surface area contributed by atoms with E-state index >= 15 is 0 Å². The van der Waals surface area contributed by atoms with Crippen LogP contribution in [0.15, 0.2) is 81.8 Å². The maximum Gasteiger partial charge on any atom is 0.339 e. The lowest BCUT2D eigenvalue weighted by molar-refractivity contribution is -0.140. The summed E-state index contributed by atoms with van der Waals surface area (Å²) in [5, 5.41) is 9.90. The summed E-state index contributed by atoms with van der Waals surface area (Å²) >= 11 is 6.20. The predicted molar refractivity (Wildman–Crippen MR) is 143 cm³/mol. The molecule has 1 aliphatic rings. The SMILES string of the molecule is CC1=C(C#N)C(=O)N(CCc2ccccc2)C(=O)/C1=C/c1ccc(-c2ccc(Cl)c(C(=O)OC(C)C)c2)o1. The highest BCUT2D eigenvalue weighted by Gasteiger charge is 2.35. The average Bonchev–Trinajstić information content (AvgIpc) is 3.36. The molecule has 0 radical (unpaired) electrons. The second-order valence-corrected chi connectivity index (χ2v) is 9.43. The fourth-order valence-electron chi connectivity index (χ4n) is 4.06. The van der Waals surface area contributed by atoms with Gasteiger partial charge in [-0.2, -0.15) is 5.26 Å². The highest BCUT2D eigenvalue weighted by Crippen LogP contribution is 2.31. The highest BCUT2D eigenvalue weighted by molar-refractivity contribution is 6.33. The van der Waals surface area contributed by atoms with E-state index in [0.29, 0.717) is 29.1 Å². The minimum atomic E-state index is -0.606. The number of carbonyl (C=O) groups excluding carboxylic acids is 3. The molecule has 2 aromatic carbocycles. The number of hydrogen-bond acceptors (Lipinski definition) is 6. The fraction of sp³-hybridized carbons (Fsp3) is 0.200. The van der Waals surface area contributed by atoms with Gasteiger partial charge in [0.05, 0.1) is 16.7 Å². The zero-order valence-corrected chi connectivity index (χ0v) is 21.9. The number of amides is 2. The van der Waals surface area contributed by atoms with Gasteiger partial charge in [-0.05, 0) is 74.7 Å². The smallest absolute Gasteiger partial charge is 0.339 e. The summed E-state index contributed by atoms with van der Waals surface area (Å²) in [5.74, 6) is -0.859. The number of carbonyl (C=O) groups is 3. The van der Waals surface area contributed by atoms with Crippen LogP contribution in [0.2, 0.25) is 5.02 Å². The zero-order chi connectivity index (χ0) is 27.4. The Balaban J connectivity index is 1.64. The average molecular weight is 529 g/mol. The number of hydrogen-bond donors (Lipinski definition) is 0. The number of halogens is 1. The van der Waals surface area contributed by atoms with Crippen LogP contribution in [0.3, 0.4) is 0 Å². The van der Waals surface area contributed by atoms with E-state index in [0.717, 1.165) is 10.5 Å². The Labute approximate surface area is 225 Å². The van der Waals surface area contributed by atoms with E-state index in [1.807, 2.05) is 36.4 Å². The summed E-state index contributed by atoms with van der Waals surface area (Å²) < 4.78 is 11.2. The Morgan fingerprint density at radius 1 is 1.11 bits per heavy atom. The summed E-state index contributed by atoms with van der Waals surface area (Å²) in [4.78, 5) is 39.7. The van der Waals surface area contributed by atoms with Gasteiger partial charge in [0.25, 0.3) is 11.8 Å². The number of nitriles is 1. The van der Waals surface area contributed by atoms with Gasteiger partial charge >= 0.3 is 5.97 Å². The van der Waals surface area contributed by atoms with Gasteiger partial charge in [0.1, 0.15) is 23.2 Å². The number of benzene rings is 2. The number of nitrogens with zero attached hydrogens (tertiary/aromatic N) is 2. The Bertz CT molecular complexity index is 1510. The summed E-state index contributed by atoms with van der Waals surface area (Å²) in [6.07, 6.45) is 1.68. The van der Waals surface area contributed by atoms with Crippen LogP contribution in [0.1, 0.15) is 42.5 Å². The lowest BCUT2D eigenvalue weighted by atomic mass is 9.94. The maximum atomic E-state index is 13.3. The summed E-state index contributed by atoms with van der Waals surface area (Å²) in [6, 6.07) is 19.7. The van der Waals surface area contributed by atoms with Crippen LogP contribution in [0.5, 0.6) is 0 Å². The van der Waals surface area contributed by atoms with Crippen molar-refractivity contribution in [3.8, 4) is 17.4 Å². The molecule has 2 amide bonds. The Hall–Kier alpha value is -4.41. The standard InChI is InChI=1S/C30H25ClN2O5/c1-18(2)37-30(36)24-15-21(9-11-26(24)31)27-12-10-22(38-27)16-23-19(3)25(17-32)29(35)33(28(23)34)14-13-20-7-5-4-6-8-20/h4-12,15-16,18H,13-14H2,1-3H3/b23-16+. The summed E-state index contributed by atoms with van der Waals surface area (Å²) in [7, 11) is 0. The molecule has 0 aliphatic carbocycles. The molecule has 0 spiro atoms. The molecule has 2 heterocycles. The second kappa shape index (κ2) is 11.3. The van der Waals surface area contributed by atoms with E-state index in [1.54, 1.807) is 51.1 Å². The third kappa shape index (κ3) is 5.61. The van der Waals surface area contributed by atoms with E-state index in [-0.39, 0.29) is 34.4 Å². The molecule has 0 bridgehead atoms. The Morgan fingerprint density at radius 2 is 1.84 bits per heavy atom. The minimum Gasteiger partial charge on any atom is -0.459 e. The van der Waals surface area contributed by atoms with E-state index < -0.39 is 17.8 Å². The molecule has 0 fully saturated rings. The van der Waals surface area contributed by atoms with Crippen LogP contribution in [-0.4, -0.2) is 35.3 Å². The van der Waals surface area contributed by atoms with Gasteiger partial charge in [-0.15, -0.1) is 0 Å². The van der Waals surface area contributed by atoms with Gasteiger partial charge < -0.3 is 9.15 Å². The molecule has 1 aromatic heterocycles. The molecule has 0 unspecified atom stereocenters. The largest absolute Gasteiger partial charge is 0.459 e. The van der Waals surface area contributed by atoms with Crippen molar-refractivity contribution < 1.29 is 23.5 Å². The number of esters is 1. The normalized spacial score (nSPS) is 14.8. The molecular formula is C30H25ClN2O5. The van der Waals surface area contributed by atoms with Crippen molar-refractivity contribution >= 4 is 35.5 Å². The van der Waals surface area contributed by atoms with Crippen molar-refractivity contribution in [2.75, 3.05) is 6.54 Å². The van der Waals surface area contributed by atoms with E-state index in [2.05, 4.69) is 0 Å². The molecule has 4 rings (SSSR count). The van der Waals surface area contributed by atoms with Gasteiger partial charge in [-0.3, -0.25) is 14.5 Å². The zero-order valence-electron chi connectivity index (χ0n) is 21.2. The molecule has 8 heteroatoms. The maximum absolute atomic E-state index is 13.3. The highest BCUT2D eigenvalue weighted by atomic mass is 35.5. The van der Waals surface area contributed by atoms with E-state index in [1.165, 1.54) is 6.08 Å². The molecule has 0 atom stereocenters. The molecular weight excluding hydrogens is 504 g/mol. The molecule has 0 saturated heterocycles. The first-order chi connectivity index (χ1) is 18.2. The van der Waals surface area contributed by atoms with Crippen LogP contribution in [0.25, 0.3) is 17.4 Å². The first kappa shape index (κ1) is 26.6. The molecule has 3 aromatic rings. The molecule has 0 N–H and O–H groups in total. The third-order valence-electron chi connectivity index (χ3n) is 6.02. The quantitative estimate of drug-likeness (QED) is 0.212. The number of ether oxygens (including phenoxy) is 1. The fourth-order valence-corrected chi connectivity index (χ4v) is 4.25. The van der Waals surface area contributed by atoms with Crippen molar-refractivity contribution in [1.82, 2.24) is 4.90 Å². The van der Waals surface area contributed by atoms with Crippen LogP contribution < -0.4 is 0 Å². The van der Waals surface area contributed by atoms with Crippen LogP contribution in [0.4, 0.5) is 0 Å². The minimum absolute atomic E-state index is 0.0818. The number of furan rings is 1. The third-order valence-corrected chi connectivity index (χ3v) is 6.35. The topological polar surface area (TPSA) is 101 Å². The molecule has 7 nitrogen and oxygen atoms in total. The Morgan fingerprint density at radius 3 is 2.53 bits per heavy atom. The number of imide groups is 1. The first-order valence-electron chi connectivity index (χ1n) is 12.0. The van der Waals surface area contributed by atoms with Crippen molar-refractivity contribution in [2.45, 2.75) is 33.3 Å². The first-order valence-corrected chi connectivity index (χ1v) is 12.4. The summed E-state index contributed by atoms with van der Waals surface area (Å²) in [6.45, 7) is 5.21. The van der Waals surface area contributed by atoms with Gasteiger partial charge in [0, 0.05) is 17.7 Å². The van der Waals surface area contributed by atoms with Crippen LogP contribution in [0, 0.1) is 11.3 Å². The van der Waals surface area contributed by atoms with Crippen molar-refractivity contribution in [1.29, 1.82) is 5.26 Å². The van der Waals surface area contributed by atoms with Crippen LogP contribution >= 0.6 is 11.6 Å². The van der Waals surface area contributed by atoms with Gasteiger partial charge in [-0.25, -0.2) is 4.79 Å². The molecule has 0 saturated carbocycles. The summed E-state index contributed by atoms with van der Waals surface area (Å²) in [5.41, 5.74) is 2.19. The predicted octanol–water partition coefficient (Wildman–Crippen LogP) is 6.00.